The van der Waals surface area contributed by atoms with Gasteiger partial charge in [-0.1, -0.05) is 127 Å². The van der Waals surface area contributed by atoms with E-state index in [4.69, 9.17) is 0 Å². The van der Waals surface area contributed by atoms with E-state index in [-0.39, 0.29) is 0 Å². The standard InChI is InChI=1S/C48H31NS2/c1-2-11-35(12-3-1)49(36-26-21-32(22-27-36)34-25-30-47-44(31-34)41-16-7-8-19-45(41)50-47)37-28-23-33(24-29-37)38-13-4-5-14-39(38)42-17-10-18-43-40-15-6-9-20-46(40)51-48(42)43/h1-31H. The second kappa shape index (κ2) is 12.4. The van der Waals surface area contributed by atoms with Crippen molar-refractivity contribution in [2.24, 2.45) is 0 Å². The molecular formula is C48H31NS2. The topological polar surface area (TPSA) is 3.24 Å². The number of thiophene rings is 2. The Morgan fingerprint density at radius 2 is 0.804 bits per heavy atom. The van der Waals surface area contributed by atoms with Crippen LogP contribution < -0.4 is 4.90 Å². The summed E-state index contributed by atoms with van der Waals surface area (Å²) < 4.78 is 5.33. The number of fused-ring (bicyclic) bond motifs is 6. The summed E-state index contributed by atoms with van der Waals surface area (Å²) in [7, 11) is 0. The SMILES string of the molecule is c1ccc(N(c2ccc(-c3ccc4sc5ccccc5c4c3)cc2)c2ccc(-c3ccccc3-c3cccc4c3sc3ccccc34)cc2)cc1. The highest BCUT2D eigenvalue weighted by Gasteiger charge is 2.16. The molecular weight excluding hydrogens is 655 g/mol. The second-order valence-electron chi connectivity index (χ2n) is 12.9. The van der Waals surface area contributed by atoms with Gasteiger partial charge in [-0.2, -0.15) is 0 Å². The third-order valence-corrected chi connectivity index (χ3v) is 12.3. The summed E-state index contributed by atoms with van der Waals surface area (Å²) >= 11 is 3.74. The molecule has 240 valence electrons. The number of rotatable bonds is 6. The lowest BCUT2D eigenvalue weighted by Gasteiger charge is -2.26. The summed E-state index contributed by atoms with van der Waals surface area (Å²) in [6.45, 7) is 0. The van der Waals surface area contributed by atoms with Crippen LogP contribution >= 0.6 is 22.7 Å². The van der Waals surface area contributed by atoms with Crippen LogP contribution in [0.5, 0.6) is 0 Å². The largest absolute Gasteiger partial charge is 0.311 e. The van der Waals surface area contributed by atoms with E-state index in [0.717, 1.165) is 17.1 Å². The normalized spacial score (nSPS) is 11.5. The predicted octanol–water partition coefficient (Wildman–Crippen LogP) is 14.9. The molecule has 0 fully saturated rings. The Morgan fingerprint density at radius 3 is 1.55 bits per heavy atom. The first-order chi connectivity index (χ1) is 25.3. The van der Waals surface area contributed by atoms with Crippen molar-refractivity contribution >= 4 is 80.1 Å². The third kappa shape index (κ3) is 5.21. The Labute approximate surface area is 304 Å². The van der Waals surface area contributed by atoms with E-state index >= 15 is 0 Å². The van der Waals surface area contributed by atoms with E-state index in [2.05, 4.69) is 193 Å². The molecule has 0 aliphatic heterocycles. The van der Waals surface area contributed by atoms with Crippen molar-refractivity contribution < 1.29 is 0 Å². The molecule has 1 nitrogen and oxygen atoms in total. The Kier molecular flexibility index (Phi) is 7.26. The van der Waals surface area contributed by atoms with Gasteiger partial charge in [-0.05, 0) is 88.5 Å². The van der Waals surface area contributed by atoms with Crippen LogP contribution in [0.4, 0.5) is 17.1 Å². The zero-order valence-corrected chi connectivity index (χ0v) is 29.3. The first kappa shape index (κ1) is 29.9. The molecule has 2 aromatic heterocycles. The van der Waals surface area contributed by atoms with Crippen LogP contribution in [0.15, 0.2) is 188 Å². The van der Waals surface area contributed by atoms with Crippen molar-refractivity contribution in [3.63, 3.8) is 0 Å². The Hall–Kier alpha value is -6.00. The van der Waals surface area contributed by atoms with E-state index in [9.17, 15) is 0 Å². The average Bonchev–Trinajstić information content (AvgIpc) is 3.77. The minimum absolute atomic E-state index is 1.12. The van der Waals surface area contributed by atoms with Crippen LogP contribution in [0.3, 0.4) is 0 Å². The zero-order chi connectivity index (χ0) is 33.7. The van der Waals surface area contributed by atoms with Gasteiger partial charge >= 0.3 is 0 Å². The Morgan fingerprint density at radius 1 is 0.294 bits per heavy atom. The van der Waals surface area contributed by atoms with Gasteiger partial charge in [-0.15, -0.1) is 22.7 Å². The summed E-state index contributed by atoms with van der Waals surface area (Å²) in [6, 6.07) is 68.5. The highest BCUT2D eigenvalue weighted by atomic mass is 32.1. The number of benzene rings is 8. The lowest BCUT2D eigenvalue weighted by atomic mass is 9.93. The van der Waals surface area contributed by atoms with E-state index in [1.54, 1.807) is 0 Å². The molecule has 3 heteroatoms. The lowest BCUT2D eigenvalue weighted by Crippen LogP contribution is -2.09. The molecule has 0 aliphatic carbocycles. The van der Waals surface area contributed by atoms with Gasteiger partial charge in [0.1, 0.15) is 0 Å². The van der Waals surface area contributed by atoms with Crippen LogP contribution in [0.25, 0.3) is 73.7 Å². The first-order valence-electron chi connectivity index (χ1n) is 17.3. The molecule has 10 aromatic rings. The molecule has 51 heavy (non-hydrogen) atoms. The van der Waals surface area contributed by atoms with E-state index in [0.29, 0.717) is 0 Å². The minimum Gasteiger partial charge on any atom is -0.311 e. The van der Waals surface area contributed by atoms with Gasteiger partial charge in [0.2, 0.25) is 0 Å². The minimum atomic E-state index is 1.12. The smallest absolute Gasteiger partial charge is 0.0462 e. The van der Waals surface area contributed by atoms with Crippen molar-refractivity contribution in [3.8, 4) is 33.4 Å². The van der Waals surface area contributed by atoms with Gasteiger partial charge in [0.05, 0.1) is 0 Å². The monoisotopic (exact) mass is 685 g/mol. The van der Waals surface area contributed by atoms with Crippen molar-refractivity contribution in [3.05, 3.63) is 188 Å². The molecule has 0 amide bonds. The number of anilines is 3. The summed E-state index contributed by atoms with van der Waals surface area (Å²) in [5.41, 5.74) is 10.8. The van der Waals surface area contributed by atoms with Crippen molar-refractivity contribution in [2.75, 3.05) is 4.90 Å². The maximum Gasteiger partial charge on any atom is 0.0462 e. The molecule has 10 rings (SSSR count). The zero-order valence-electron chi connectivity index (χ0n) is 27.7. The Bertz CT molecular complexity index is 2840. The van der Waals surface area contributed by atoms with Gasteiger partial charge < -0.3 is 4.90 Å². The molecule has 2 heterocycles. The maximum atomic E-state index is 2.34. The van der Waals surface area contributed by atoms with E-state index in [1.807, 2.05) is 22.7 Å². The fourth-order valence-corrected chi connectivity index (χ4v) is 9.77. The average molecular weight is 686 g/mol. The number of hydrogen-bond acceptors (Lipinski definition) is 3. The van der Waals surface area contributed by atoms with Crippen LogP contribution in [0.1, 0.15) is 0 Å². The maximum absolute atomic E-state index is 2.34. The molecule has 0 saturated heterocycles. The summed E-state index contributed by atoms with van der Waals surface area (Å²) in [5.74, 6) is 0. The fourth-order valence-electron chi connectivity index (χ4n) is 7.45. The van der Waals surface area contributed by atoms with Crippen LogP contribution in [-0.4, -0.2) is 0 Å². The molecule has 0 radical (unpaired) electrons. The van der Waals surface area contributed by atoms with Gasteiger partial charge in [0.25, 0.3) is 0 Å². The molecule has 0 saturated carbocycles. The molecule has 0 spiro atoms. The third-order valence-electron chi connectivity index (χ3n) is 9.91. The van der Waals surface area contributed by atoms with Gasteiger partial charge in [0, 0.05) is 63.0 Å². The van der Waals surface area contributed by atoms with Crippen molar-refractivity contribution in [2.45, 2.75) is 0 Å². The summed E-state index contributed by atoms with van der Waals surface area (Å²) in [6.07, 6.45) is 0. The van der Waals surface area contributed by atoms with Crippen LogP contribution in [0.2, 0.25) is 0 Å². The van der Waals surface area contributed by atoms with Crippen LogP contribution in [-0.2, 0) is 0 Å². The molecule has 8 aromatic carbocycles. The van der Waals surface area contributed by atoms with Gasteiger partial charge in [0.15, 0.2) is 0 Å². The van der Waals surface area contributed by atoms with Crippen LogP contribution in [0, 0.1) is 0 Å². The van der Waals surface area contributed by atoms with Crippen molar-refractivity contribution in [1.82, 2.24) is 0 Å². The van der Waals surface area contributed by atoms with Gasteiger partial charge in [-0.25, -0.2) is 0 Å². The summed E-state index contributed by atoms with van der Waals surface area (Å²) in [5, 5.41) is 5.30. The molecule has 0 N–H and O–H groups in total. The lowest BCUT2D eigenvalue weighted by molar-refractivity contribution is 1.28. The molecule has 0 atom stereocenters. The van der Waals surface area contributed by atoms with E-state index in [1.165, 1.54) is 73.7 Å². The first-order valence-corrected chi connectivity index (χ1v) is 18.9. The highest BCUT2D eigenvalue weighted by Crippen LogP contribution is 2.44. The molecule has 0 aliphatic rings. The predicted molar refractivity (Wildman–Crippen MR) is 223 cm³/mol. The van der Waals surface area contributed by atoms with E-state index < -0.39 is 0 Å². The fraction of sp³-hybridized carbons (Fsp3) is 0. The number of para-hydroxylation sites is 1. The quantitative estimate of drug-likeness (QED) is 0.168. The van der Waals surface area contributed by atoms with Gasteiger partial charge in [-0.3, -0.25) is 0 Å². The number of nitrogens with zero attached hydrogens (tertiary/aromatic N) is 1. The second-order valence-corrected chi connectivity index (χ2v) is 15.0. The number of hydrogen-bond donors (Lipinski definition) is 0. The molecule has 0 unspecified atom stereocenters. The highest BCUT2D eigenvalue weighted by molar-refractivity contribution is 7.26. The Balaban J connectivity index is 1.02. The molecule has 0 bridgehead atoms. The summed E-state index contributed by atoms with van der Waals surface area (Å²) in [4.78, 5) is 2.34. The van der Waals surface area contributed by atoms with Crippen molar-refractivity contribution in [1.29, 1.82) is 0 Å².